The van der Waals surface area contributed by atoms with Gasteiger partial charge in [-0.2, -0.15) is 0 Å². The lowest BCUT2D eigenvalue weighted by atomic mass is 9.97. The SMILES string of the molecule is COc1cc2nc(-c3ccccc3)cc(O)c2cc1CCCCCCCCC(=O)N[C@H](C(N)=O)C1CCCC1. The molecule has 0 radical (unpaired) electrons. The highest BCUT2D eigenvalue weighted by molar-refractivity contribution is 5.89. The number of pyridine rings is 1. The van der Waals surface area contributed by atoms with Crippen LogP contribution in [0.2, 0.25) is 0 Å². The summed E-state index contributed by atoms with van der Waals surface area (Å²) in [5, 5.41) is 14.3. The third kappa shape index (κ3) is 7.71. The molecule has 1 aromatic heterocycles. The van der Waals surface area contributed by atoms with Crippen LogP contribution in [-0.2, 0) is 16.0 Å². The molecule has 208 valence electrons. The largest absolute Gasteiger partial charge is 0.507 e. The van der Waals surface area contributed by atoms with Gasteiger partial charge in [0.2, 0.25) is 11.8 Å². The number of primary amides is 1. The molecule has 1 aliphatic rings. The fraction of sp³-hybridized carbons (Fsp3) is 0.469. The van der Waals surface area contributed by atoms with Gasteiger partial charge in [0.25, 0.3) is 0 Å². The molecule has 7 heteroatoms. The molecule has 4 N–H and O–H groups in total. The van der Waals surface area contributed by atoms with Crippen molar-refractivity contribution in [3.05, 3.63) is 54.1 Å². The minimum absolute atomic E-state index is 0.0669. The normalized spacial score (nSPS) is 14.4. The summed E-state index contributed by atoms with van der Waals surface area (Å²) in [7, 11) is 1.67. The first kappa shape index (κ1) is 28.4. The molecule has 1 saturated carbocycles. The predicted octanol–water partition coefficient (Wildman–Crippen LogP) is 6.05. The van der Waals surface area contributed by atoms with Gasteiger partial charge < -0.3 is 20.9 Å². The summed E-state index contributed by atoms with van der Waals surface area (Å²) in [6.45, 7) is 0. The smallest absolute Gasteiger partial charge is 0.240 e. The van der Waals surface area contributed by atoms with E-state index in [1.54, 1.807) is 13.2 Å². The number of rotatable bonds is 14. The van der Waals surface area contributed by atoms with Crippen molar-refractivity contribution in [1.29, 1.82) is 0 Å². The van der Waals surface area contributed by atoms with E-state index < -0.39 is 11.9 Å². The number of benzene rings is 2. The molecule has 1 aliphatic carbocycles. The van der Waals surface area contributed by atoms with Gasteiger partial charge in [-0.05, 0) is 49.7 Å². The fourth-order valence-corrected chi connectivity index (χ4v) is 5.69. The number of methoxy groups -OCH3 is 1. The maximum absolute atomic E-state index is 12.3. The van der Waals surface area contributed by atoms with Crippen LogP contribution in [0, 0.1) is 5.92 Å². The lowest BCUT2D eigenvalue weighted by Crippen LogP contribution is -2.48. The Hall–Kier alpha value is -3.61. The second-order valence-electron chi connectivity index (χ2n) is 10.7. The van der Waals surface area contributed by atoms with Crippen molar-refractivity contribution in [2.45, 2.75) is 83.1 Å². The Labute approximate surface area is 231 Å². The highest BCUT2D eigenvalue weighted by atomic mass is 16.5. The lowest BCUT2D eigenvalue weighted by Gasteiger charge is -2.21. The minimum atomic E-state index is -0.518. The Balaban J connectivity index is 1.20. The maximum atomic E-state index is 12.3. The van der Waals surface area contributed by atoms with Gasteiger partial charge >= 0.3 is 0 Å². The average Bonchev–Trinajstić information content (AvgIpc) is 3.48. The molecular weight excluding hydrogens is 490 g/mol. The van der Waals surface area contributed by atoms with Crippen molar-refractivity contribution >= 4 is 22.7 Å². The Morgan fingerprint density at radius 3 is 2.41 bits per heavy atom. The summed E-state index contributed by atoms with van der Waals surface area (Å²) in [5.74, 6) is 0.721. The van der Waals surface area contributed by atoms with Gasteiger partial charge in [0.05, 0.1) is 18.3 Å². The van der Waals surface area contributed by atoms with Crippen molar-refractivity contribution in [1.82, 2.24) is 10.3 Å². The highest BCUT2D eigenvalue weighted by Crippen LogP contribution is 2.34. The molecule has 0 saturated heterocycles. The van der Waals surface area contributed by atoms with Gasteiger partial charge in [0.15, 0.2) is 0 Å². The van der Waals surface area contributed by atoms with E-state index in [0.29, 0.717) is 11.9 Å². The Morgan fingerprint density at radius 2 is 1.72 bits per heavy atom. The van der Waals surface area contributed by atoms with Gasteiger partial charge in [0, 0.05) is 29.5 Å². The molecule has 4 rings (SSSR count). The number of fused-ring (bicyclic) bond motifs is 1. The number of aromatic nitrogens is 1. The van der Waals surface area contributed by atoms with Crippen molar-refractivity contribution in [3.8, 4) is 22.8 Å². The number of carbonyl (C=O) groups is 2. The number of aryl methyl sites for hydroxylation is 1. The molecule has 7 nitrogen and oxygen atoms in total. The molecule has 1 heterocycles. The molecule has 0 bridgehead atoms. The predicted molar refractivity (Wildman–Crippen MR) is 155 cm³/mol. The standard InChI is InChI=1S/C32H41N3O4/c1-39-29-21-27-25(28(36)20-26(34-27)22-13-8-6-9-14-22)19-24(29)17-7-4-2-3-5-10-18-30(37)35-31(32(33)38)23-15-11-12-16-23/h6,8-9,13-14,19-21,23,31H,2-5,7,10-12,15-18H2,1H3,(H2,33,38)(H,34,36)(H,35,37)/t31-/m0/s1. The van der Waals surface area contributed by atoms with Crippen LogP contribution in [-0.4, -0.2) is 35.1 Å². The lowest BCUT2D eigenvalue weighted by molar-refractivity contribution is -0.128. The molecule has 3 aromatic rings. The second kappa shape index (κ2) is 14.0. The molecule has 1 fully saturated rings. The number of nitrogens with two attached hydrogens (primary N) is 1. The van der Waals surface area contributed by atoms with Gasteiger partial charge in [-0.1, -0.05) is 68.9 Å². The monoisotopic (exact) mass is 531 g/mol. The van der Waals surface area contributed by atoms with E-state index in [1.165, 1.54) is 0 Å². The molecule has 0 aliphatic heterocycles. The molecule has 39 heavy (non-hydrogen) atoms. The van der Waals surface area contributed by atoms with E-state index in [0.717, 1.165) is 98.6 Å². The zero-order valence-electron chi connectivity index (χ0n) is 23.0. The molecular formula is C32H41N3O4. The van der Waals surface area contributed by atoms with Crippen molar-refractivity contribution in [3.63, 3.8) is 0 Å². The summed E-state index contributed by atoms with van der Waals surface area (Å²) in [6.07, 6.45) is 11.5. The van der Waals surface area contributed by atoms with Gasteiger partial charge in [-0.3, -0.25) is 9.59 Å². The summed E-state index contributed by atoms with van der Waals surface area (Å²) in [4.78, 5) is 28.9. The molecule has 0 spiro atoms. The van der Waals surface area contributed by atoms with E-state index in [-0.39, 0.29) is 17.6 Å². The highest BCUT2D eigenvalue weighted by Gasteiger charge is 2.30. The Kier molecular flexibility index (Phi) is 10.2. The number of hydrogen-bond donors (Lipinski definition) is 3. The number of aromatic hydroxyl groups is 1. The Morgan fingerprint density at radius 1 is 1.03 bits per heavy atom. The van der Waals surface area contributed by atoms with E-state index >= 15 is 0 Å². The summed E-state index contributed by atoms with van der Waals surface area (Å²) in [6, 6.07) is 14.9. The maximum Gasteiger partial charge on any atom is 0.240 e. The van der Waals surface area contributed by atoms with Crippen molar-refractivity contribution in [2.75, 3.05) is 7.11 Å². The first-order valence-corrected chi connectivity index (χ1v) is 14.3. The first-order valence-electron chi connectivity index (χ1n) is 14.3. The average molecular weight is 532 g/mol. The van der Waals surface area contributed by atoms with Crippen LogP contribution in [0.5, 0.6) is 11.5 Å². The van der Waals surface area contributed by atoms with Gasteiger partial charge in [-0.25, -0.2) is 4.98 Å². The van der Waals surface area contributed by atoms with Crippen LogP contribution in [0.3, 0.4) is 0 Å². The molecule has 2 aromatic carbocycles. The molecule has 2 amide bonds. The van der Waals surface area contributed by atoms with Gasteiger partial charge in [0.1, 0.15) is 17.5 Å². The Bertz CT molecular complexity index is 1260. The van der Waals surface area contributed by atoms with Crippen LogP contribution in [0.15, 0.2) is 48.5 Å². The number of nitrogens with zero attached hydrogens (tertiary/aromatic N) is 1. The number of carbonyl (C=O) groups excluding carboxylic acids is 2. The third-order valence-electron chi connectivity index (χ3n) is 7.85. The zero-order valence-corrected chi connectivity index (χ0v) is 23.0. The number of amides is 2. The number of unbranched alkanes of at least 4 members (excludes halogenated alkanes) is 5. The van der Waals surface area contributed by atoms with E-state index in [1.807, 2.05) is 42.5 Å². The van der Waals surface area contributed by atoms with Gasteiger partial charge in [-0.15, -0.1) is 0 Å². The van der Waals surface area contributed by atoms with E-state index in [9.17, 15) is 14.7 Å². The van der Waals surface area contributed by atoms with E-state index in [4.69, 9.17) is 15.5 Å². The van der Waals surface area contributed by atoms with Crippen LogP contribution >= 0.6 is 0 Å². The minimum Gasteiger partial charge on any atom is -0.507 e. The van der Waals surface area contributed by atoms with Crippen LogP contribution in [0.1, 0.15) is 76.2 Å². The second-order valence-corrected chi connectivity index (χ2v) is 10.7. The van der Waals surface area contributed by atoms with Crippen LogP contribution < -0.4 is 15.8 Å². The van der Waals surface area contributed by atoms with Crippen LogP contribution in [0.4, 0.5) is 0 Å². The summed E-state index contributed by atoms with van der Waals surface area (Å²) in [5.41, 5.74) is 9.00. The molecule has 0 unspecified atom stereocenters. The number of ether oxygens (including phenoxy) is 1. The first-order chi connectivity index (χ1) is 19.0. The van der Waals surface area contributed by atoms with Crippen molar-refractivity contribution in [2.24, 2.45) is 11.7 Å². The van der Waals surface area contributed by atoms with Crippen LogP contribution in [0.25, 0.3) is 22.2 Å². The number of hydrogen-bond acceptors (Lipinski definition) is 5. The quantitative estimate of drug-likeness (QED) is 0.219. The number of nitrogens with one attached hydrogen (secondary N) is 1. The third-order valence-corrected chi connectivity index (χ3v) is 7.85. The summed E-state index contributed by atoms with van der Waals surface area (Å²) < 4.78 is 5.66. The topological polar surface area (TPSA) is 115 Å². The fourth-order valence-electron chi connectivity index (χ4n) is 5.69. The van der Waals surface area contributed by atoms with Crippen molar-refractivity contribution < 1.29 is 19.4 Å². The van der Waals surface area contributed by atoms with E-state index in [2.05, 4.69) is 5.32 Å². The summed E-state index contributed by atoms with van der Waals surface area (Å²) >= 11 is 0. The zero-order chi connectivity index (χ0) is 27.6. The molecule has 1 atom stereocenters.